The summed E-state index contributed by atoms with van der Waals surface area (Å²) in [5, 5.41) is 13.0. The van der Waals surface area contributed by atoms with Crippen molar-refractivity contribution in [1.82, 2.24) is 14.5 Å². The molecule has 0 aliphatic heterocycles. The number of phenols is 1. The van der Waals surface area contributed by atoms with Gasteiger partial charge < -0.3 is 5.11 Å². The number of rotatable bonds is 7. The van der Waals surface area contributed by atoms with Gasteiger partial charge in [0.25, 0.3) is 0 Å². The number of phenolic OH excluding ortho intramolecular Hbond substituents is 1. The Balaban J connectivity index is 1.46. The highest BCUT2D eigenvalue weighted by atomic mass is 16.3. The van der Waals surface area contributed by atoms with Crippen molar-refractivity contribution in [3.63, 3.8) is 0 Å². The van der Waals surface area contributed by atoms with E-state index in [1.807, 2.05) is 118 Å². The van der Waals surface area contributed by atoms with Crippen molar-refractivity contribution in [2.24, 2.45) is 0 Å². The molecule has 7 aromatic carbocycles. The molecule has 0 amide bonds. The maximum Gasteiger partial charge on any atom is 0.149 e. The molecule has 0 aliphatic carbocycles. The van der Waals surface area contributed by atoms with Crippen molar-refractivity contribution < 1.29 is 33.9 Å². The molecule has 9 rings (SSSR count). The average Bonchev–Trinajstić information content (AvgIpc) is 0.773. The topological polar surface area (TPSA) is 50.9 Å². The first-order chi connectivity index (χ1) is 39.6. The second-order valence-corrected chi connectivity index (χ2v) is 17.4. The van der Waals surface area contributed by atoms with E-state index in [1.54, 1.807) is 60.8 Å². The molecule has 2 aromatic heterocycles. The van der Waals surface area contributed by atoms with Crippen LogP contribution in [-0.4, -0.2) is 19.6 Å². The monoisotopic (exact) mass is 871 g/mol. The third-order valence-corrected chi connectivity index (χ3v) is 11.7. The molecule has 0 saturated heterocycles. The molecule has 1 N–H and O–H groups in total. The van der Waals surface area contributed by atoms with Crippen LogP contribution in [0.5, 0.6) is 5.75 Å². The van der Waals surface area contributed by atoms with E-state index < -0.39 is 92.5 Å². The summed E-state index contributed by atoms with van der Waals surface area (Å²) in [6.45, 7) is -21.1. The van der Waals surface area contributed by atoms with Gasteiger partial charge in [-0.15, -0.1) is 0 Å². The number of imidazole rings is 1. The Hall–Kier alpha value is -7.04. The fraction of sp³-hybridized carbons (Fsp3) is 0.213. The minimum atomic E-state index is -4.16. The van der Waals surface area contributed by atoms with Gasteiger partial charge in [0.05, 0.1) is 22.3 Å². The Morgan fingerprint density at radius 2 is 1.17 bits per heavy atom. The van der Waals surface area contributed by atoms with Crippen LogP contribution in [-0.2, 0) is 16.2 Å². The van der Waals surface area contributed by atoms with Gasteiger partial charge in [-0.3, -0.25) is 9.55 Å². The largest absolute Gasteiger partial charge is 0.507 e. The molecule has 2 heterocycles. The molecule has 324 valence electrons. The first-order valence-corrected chi connectivity index (χ1v) is 21.0. The zero-order valence-electron chi connectivity index (χ0n) is 57.0. The lowest BCUT2D eigenvalue weighted by Gasteiger charge is -2.28. The van der Waals surface area contributed by atoms with Crippen LogP contribution in [0.1, 0.15) is 113 Å². The van der Waals surface area contributed by atoms with E-state index in [2.05, 4.69) is 0 Å². The first-order valence-electron chi connectivity index (χ1n) is 31.5. The number of para-hydroxylation sites is 1. The molecule has 65 heavy (non-hydrogen) atoms. The Morgan fingerprint density at radius 3 is 1.86 bits per heavy atom. The minimum absolute atomic E-state index is 0.132. The fourth-order valence-electron chi connectivity index (χ4n) is 8.40. The SMILES string of the molecule is [2H]C([2H])([2H])c1ccc(-c2ccnc(-c3cc(-c4ccccc4)cc(-c4cccc5c4nc(-c4cc(C(C([2H])([2H])[2H])(C([2H])([2H])[2H])C([2H])([2H])[2H])cc(C(C([2H])([2H])[2H])(C([2H])([2H])[2H])C([2H])([2H])[2H])c4O)n5-c4ccc(-c5ccccc5)c(C(C)(C)C)c4)c3)c2)cc1. The number of aromatic hydroxyl groups is 1. The van der Waals surface area contributed by atoms with E-state index in [1.165, 1.54) is 4.57 Å². The van der Waals surface area contributed by atoms with E-state index >= 15 is 0 Å². The molecule has 4 nitrogen and oxygen atoms in total. The van der Waals surface area contributed by atoms with Crippen LogP contribution in [0.2, 0.25) is 0 Å². The van der Waals surface area contributed by atoms with Crippen LogP contribution in [0.25, 0.3) is 83.9 Å². The van der Waals surface area contributed by atoms with Crippen LogP contribution in [0.3, 0.4) is 0 Å². The summed E-state index contributed by atoms with van der Waals surface area (Å²) in [4.78, 5) is 9.94. The predicted molar refractivity (Wildman–Crippen MR) is 274 cm³/mol. The Kier molecular flexibility index (Phi) is 6.31. The maximum absolute atomic E-state index is 13.0. The smallest absolute Gasteiger partial charge is 0.149 e. The quantitative estimate of drug-likeness (QED) is 0.174. The Bertz CT molecular complexity index is 3920. The van der Waals surface area contributed by atoms with Gasteiger partial charge in [-0.1, -0.05) is 177 Å². The molecule has 0 saturated carbocycles. The summed E-state index contributed by atoms with van der Waals surface area (Å²) >= 11 is 0. The highest BCUT2D eigenvalue weighted by Crippen LogP contribution is 2.46. The predicted octanol–water partition coefficient (Wildman–Crippen LogP) is 16.3. The highest BCUT2D eigenvalue weighted by Gasteiger charge is 2.29. The van der Waals surface area contributed by atoms with E-state index in [-0.39, 0.29) is 28.4 Å². The van der Waals surface area contributed by atoms with Crippen molar-refractivity contribution in [3.05, 3.63) is 192 Å². The van der Waals surface area contributed by atoms with Gasteiger partial charge in [-0.2, -0.15) is 0 Å². The Labute approximate surface area is 414 Å². The third-order valence-electron chi connectivity index (χ3n) is 11.7. The summed E-state index contributed by atoms with van der Waals surface area (Å²) in [6.07, 6.45) is 1.62. The van der Waals surface area contributed by atoms with Crippen LogP contribution in [0.4, 0.5) is 0 Å². The molecule has 9 aromatic rings. The number of fused-ring (bicyclic) bond motifs is 1. The molecule has 0 spiro atoms. The van der Waals surface area contributed by atoms with E-state index in [0.29, 0.717) is 39.6 Å². The van der Waals surface area contributed by atoms with Crippen LogP contribution in [0.15, 0.2) is 170 Å². The summed E-state index contributed by atoms with van der Waals surface area (Å²) in [7, 11) is 0. The van der Waals surface area contributed by atoms with E-state index in [0.717, 1.165) is 27.8 Å². The normalized spacial score (nSPS) is 18.4. The lowest BCUT2D eigenvalue weighted by molar-refractivity contribution is 0.446. The van der Waals surface area contributed by atoms with Crippen molar-refractivity contribution in [2.45, 2.75) is 85.0 Å². The fourth-order valence-corrected chi connectivity index (χ4v) is 8.40. The van der Waals surface area contributed by atoms with Crippen molar-refractivity contribution in [1.29, 1.82) is 0 Å². The third kappa shape index (κ3) is 8.54. The molecular weight excluding hydrogens is 791 g/mol. The zero-order chi connectivity index (χ0) is 63.3. The molecule has 0 unspecified atom stereocenters. The standard InChI is InChI=1S/C61H59N3O/c1-39-24-26-41(27-25-39)43-30-31-62-54(35-43)46-33-44(40-18-13-11-14-19-40)32-45(34-46)50-22-17-23-55-56(50)63-58(51-36-47(59(2,3)4)37-53(57(51)65)61(8,9)10)64(55)48-28-29-49(42-20-15-12-16-21-42)52(38-48)60(5,6)7/h11-38,65H,1-10H3/i1D3,2D3,3D3,4D3,8D3,9D3,10D3. The van der Waals surface area contributed by atoms with Crippen LogP contribution >= 0.6 is 0 Å². The summed E-state index contributed by atoms with van der Waals surface area (Å²) in [5.74, 6) is -1.82. The van der Waals surface area contributed by atoms with Gasteiger partial charge in [-0.05, 0) is 128 Å². The van der Waals surface area contributed by atoms with Crippen LogP contribution in [0, 0.1) is 6.85 Å². The summed E-state index contributed by atoms with van der Waals surface area (Å²) in [6, 6.07) is 46.1. The van der Waals surface area contributed by atoms with Crippen molar-refractivity contribution in [3.8, 4) is 78.6 Å². The van der Waals surface area contributed by atoms with Gasteiger partial charge in [0.1, 0.15) is 11.6 Å². The van der Waals surface area contributed by atoms with Gasteiger partial charge in [0.2, 0.25) is 0 Å². The van der Waals surface area contributed by atoms with E-state index in [9.17, 15) is 5.11 Å². The number of nitrogens with zero attached hydrogens (tertiary/aromatic N) is 3. The van der Waals surface area contributed by atoms with Crippen LogP contribution < -0.4 is 0 Å². The second-order valence-electron chi connectivity index (χ2n) is 17.4. The van der Waals surface area contributed by atoms with Crippen molar-refractivity contribution >= 4 is 11.0 Å². The number of pyridine rings is 1. The van der Waals surface area contributed by atoms with Gasteiger partial charge in [0, 0.05) is 57.4 Å². The number of benzene rings is 7. The number of aryl methyl sites for hydroxylation is 1. The van der Waals surface area contributed by atoms with Crippen molar-refractivity contribution in [2.75, 3.05) is 0 Å². The van der Waals surface area contributed by atoms with E-state index in [4.69, 9.17) is 38.8 Å². The lowest BCUT2D eigenvalue weighted by atomic mass is 9.78. The number of aromatic nitrogens is 3. The highest BCUT2D eigenvalue weighted by molar-refractivity contribution is 5.98. The molecule has 0 aliphatic rings. The molecular formula is C61H59N3O. The summed E-state index contributed by atoms with van der Waals surface area (Å²) < 4.78 is 183. The summed E-state index contributed by atoms with van der Waals surface area (Å²) in [5.41, 5.74) is -4.20. The second kappa shape index (κ2) is 16.5. The lowest BCUT2D eigenvalue weighted by Crippen LogP contribution is -2.17. The molecule has 0 bridgehead atoms. The molecule has 0 atom stereocenters. The minimum Gasteiger partial charge on any atom is -0.507 e. The number of hydrogen-bond acceptors (Lipinski definition) is 3. The number of hydrogen-bond donors (Lipinski definition) is 1. The first kappa shape index (κ1) is 24.9. The molecule has 4 heteroatoms. The van der Waals surface area contributed by atoms with Gasteiger partial charge in [0.15, 0.2) is 0 Å². The molecule has 0 radical (unpaired) electrons. The Morgan fingerprint density at radius 1 is 0.492 bits per heavy atom. The average molecular weight is 871 g/mol. The molecule has 0 fully saturated rings. The maximum atomic E-state index is 13.0. The van der Waals surface area contributed by atoms with Gasteiger partial charge >= 0.3 is 0 Å². The van der Waals surface area contributed by atoms with Gasteiger partial charge in [-0.25, -0.2) is 4.98 Å². The zero-order valence-corrected chi connectivity index (χ0v) is 36.0.